The van der Waals surface area contributed by atoms with Crippen LogP contribution in [0.3, 0.4) is 0 Å². The van der Waals surface area contributed by atoms with Gasteiger partial charge < -0.3 is 9.63 Å². The van der Waals surface area contributed by atoms with Crippen molar-refractivity contribution in [1.29, 1.82) is 0 Å². The predicted octanol–water partition coefficient (Wildman–Crippen LogP) is 2.95. The van der Waals surface area contributed by atoms with Gasteiger partial charge in [0.25, 0.3) is 6.43 Å². The Hall–Kier alpha value is -1.48. The maximum atomic E-state index is 13.4. The fraction of sp³-hybridized carbons (Fsp3) is 0.273. The fourth-order valence-corrected chi connectivity index (χ4v) is 1.91. The Kier molecular flexibility index (Phi) is 4.39. The van der Waals surface area contributed by atoms with Crippen molar-refractivity contribution in [3.63, 3.8) is 0 Å². The zero-order chi connectivity index (χ0) is 14.9. The van der Waals surface area contributed by atoms with E-state index in [1.54, 1.807) is 0 Å². The molecule has 0 aliphatic heterocycles. The second-order valence-corrected chi connectivity index (χ2v) is 4.63. The molecule has 0 spiro atoms. The van der Waals surface area contributed by atoms with E-state index in [-0.39, 0.29) is 21.8 Å². The maximum Gasteiger partial charge on any atom is 0.264 e. The lowest BCUT2D eigenvalue weighted by Crippen LogP contribution is -2.20. The molecule has 1 atom stereocenters. The second kappa shape index (κ2) is 5.88. The van der Waals surface area contributed by atoms with Gasteiger partial charge in [-0.05, 0) is 28.1 Å². The van der Waals surface area contributed by atoms with Gasteiger partial charge in [0, 0.05) is 5.56 Å². The van der Waals surface area contributed by atoms with Crippen LogP contribution in [-0.4, -0.2) is 27.8 Å². The van der Waals surface area contributed by atoms with Crippen LogP contribution in [0.2, 0.25) is 0 Å². The van der Waals surface area contributed by atoms with Crippen LogP contribution in [0.4, 0.5) is 17.6 Å². The average Bonchev–Trinajstić information content (AvgIpc) is 2.84. The average molecular weight is 355 g/mol. The predicted molar refractivity (Wildman–Crippen MR) is 63.1 cm³/mol. The van der Waals surface area contributed by atoms with Crippen molar-refractivity contribution >= 4 is 15.9 Å². The molecule has 1 aromatic carbocycles. The number of alkyl halides is 2. The summed E-state index contributed by atoms with van der Waals surface area (Å²) < 4.78 is 55.1. The Labute approximate surface area is 118 Å². The van der Waals surface area contributed by atoms with Crippen LogP contribution in [0.5, 0.6) is 0 Å². The first kappa shape index (κ1) is 14.9. The number of benzene rings is 1. The van der Waals surface area contributed by atoms with E-state index in [4.69, 9.17) is 5.11 Å². The minimum Gasteiger partial charge on any atom is -0.387 e. The molecule has 0 amide bonds. The molecule has 2 aromatic rings. The smallest absolute Gasteiger partial charge is 0.264 e. The van der Waals surface area contributed by atoms with Gasteiger partial charge in [0.15, 0.2) is 11.6 Å². The number of nitrogens with zero attached hydrogens (tertiary/aromatic N) is 2. The quantitative estimate of drug-likeness (QED) is 0.677. The van der Waals surface area contributed by atoms with Crippen molar-refractivity contribution in [2.24, 2.45) is 0 Å². The topological polar surface area (TPSA) is 59.2 Å². The summed E-state index contributed by atoms with van der Waals surface area (Å²) in [6.45, 7) is 0. The number of aliphatic hydroxyl groups excluding tert-OH is 1. The Morgan fingerprint density at radius 2 is 2.00 bits per heavy atom. The first-order valence-electron chi connectivity index (χ1n) is 5.32. The number of hydrogen-bond donors (Lipinski definition) is 1. The molecule has 9 heteroatoms. The van der Waals surface area contributed by atoms with E-state index in [1.165, 1.54) is 6.07 Å². The van der Waals surface area contributed by atoms with Crippen LogP contribution in [0, 0.1) is 11.6 Å². The third-order valence-corrected chi connectivity index (χ3v) is 3.19. The summed E-state index contributed by atoms with van der Waals surface area (Å²) in [4.78, 5) is 3.74. The van der Waals surface area contributed by atoms with Gasteiger partial charge in [-0.25, -0.2) is 17.6 Å². The van der Waals surface area contributed by atoms with E-state index in [9.17, 15) is 17.6 Å². The Morgan fingerprint density at radius 3 is 2.65 bits per heavy atom. The molecule has 1 N–H and O–H groups in total. The van der Waals surface area contributed by atoms with E-state index in [0.29, 0.717) is 0 Å². The molecule has 20 heavy (non-hydrogen) atoms. The number of hydrogen-bond acceptors (Lipinski definition) is 4. The van der Waals surface area contributed by atoms with Gasteiger partial charge in [0.1, 0.15) is 6.10 Å². The fourth-order valence-electron chi connectivity index (χ4n) is 1.41. The van der Waals surface area contributed by atoms with Gasteiger partial charge in [-0.15, -0.1) is 0 Å². The molecule has 2 rings (SSSR count). The SMILES string of the molecule is OC(Cc1nc(-c2ccc(F)c(F)c2Br)no1)C(F)F. The van der Waals surface area contributed by atoms with Crippen LogP contribution in [0.15, 0.2) is 21.1 Å². The Morgan fingerprint density at radius 1 is 1.30 bits per heavy atom. The summed E-state index contributed by atoms with van der Waals surface area (Å²) in [7, 11) is 0. The van der Waals surface area contributed by atoms with Crippen molar-refractivity contribution in [3.05, 3.63) is 34.1 Å². The normalized spacial score (nSPS) is 12.9. The highest BCUT2D eigenvalue weighted by atomic mass is 79.9. The van der Waals surface area contributed by atoms with Gasteiger partial charge in [0.2, 0.25) is 11.7 Å². The molecule has 0 bridgehead atoms. The number of rotatable bonds is 4. The van der Waals surface area contributed by atoms with Crippen LogP contribution in [0.1, 0.15) is 5.89 Å². The molecule has 1 heterocycles. The van der Waals surface area contributed by atoms with Crippen molar-refractivity contribution in [3.8, 4) is 11.4 Å². The maximum absolute atomic E-state index is 13.4. The van der Waals surface area contributed by atoms with Crippen molar-refractivity contribution in [2.75, 3.05) is 0 Å². The second-order valence-electron chi connectivity index (χ2n) is 3.84. The van der Waals surface area contributed by atoms with Crippen LogP contribution in [0.25, 0.3) is 11.4 Å². The summed E-state index contributed by atoms with van der Waals surface area (Å²) in [5, 5.41) is 12.5. The Bertz CT molecular complexity index is 620. The van der Waals surface area contributed by atoms with E-state index >= 15 is 0 Å². The summed E-state index contributed by atoms with van der Waals surface area (Å²) in [6.07, 6.45) is -5.41. The van der Waals surface area contributed by atoms with E-state index in [0.717, 1.165) is 6.07 Å². The third kappa shape index (κ3) is 2.98. The largest absolute Gasteiger partial charge is 0.387 e. The summed E-state index contributed by atoms with van der Waals surface area (Å²) in [5.41, 5.74) is 0.102. The van der Waals surface area contributed by atoms with Gasteiger partial charge in [-0.1, -0.05) is 5.16 Å². The number of aromatic nitrogens is 2. The highest BCUT2D eigenvalue weighted by molar-refractivity contribution is 9.10. The Balaban J connectivity index is 2.27. The molecule has 1 aromatic heterocycles. The van der Waals surface area contributed by atoms with E-state index in [1.807, 2.05) is 0 Å². The van der Waals surface area contributed by atoms with Crippen molar-refractivity contribution in [2.45, 2.75) is 19.0 Å². The highest BCUT2D eigenvalue weighted by Gasteiger charge is 2.22. The van der Waals surface area contributed by atoms with Crippen molar-refractivity contribution < 1.29 is 27.2 Å². The first-order chi connectivity index (χ1) is 9.40. The van der Waals surface area contributed by atoms with Gasteiger partial charge in [0.05, 0.1) is 10.9 Å². The van der Waals surface area contributed by atoms with E-state index < -0.39 is 30.6 Å². The van der Waals surface area contributed by atoms with Crippen molar-refractivity contribution in [1.82, 2.24) is 10.1 Å². The van der Waals surface area contributed by atoms with Gasteiger partial charge >= 0.3 is 0 Å². The molecule has 0 aliphatic carbocycles. The zero-order valence-electron chi connectivity index (χ0n) is 9.66. The molecule has 0 radical (unpaired) electrons. The molecule has 0 saturated carbocycles. The first-order valence-corrected chi connectivity index (χ1v) is 6.12. The molecular weight excluding hydrogens is 348 g/mol. The molecule has 0 aliphatic rings. The van der Waals surface area contributed by atoms with Gasteiger partial charge in [-0.3, -0.25) is 0 Å². The molecule has 0 fully saturated rings. The molecular formula is C11H7BrF4N2O2. The van der Waals surface area contributed by atoms with Crippen LogP contribution < -0.4 is 0 Å². The molecule has 108 valence electrons. The van der Waals surface area contributed by atoms with E-state index in [2.05, 4.69) is 30.6 Å². The molecule has 4 nitrogen and oxygen atoms in total. The lowest BCUT2D eigenvalue weighted by molar-refractivity contribution is -0.00754. The number of aliphatic hydroxyl groups is 1. The minimum absolute atomic E-state index is 0.102. The van der Waals surface area contributed by atoms with Gasteiger partial charge in [-0.2, -0.15) is 4.98 Å². The van der Waals surface area contributed by atoms with Crippen LogP contribution in [-0.2, 0) is 6.42 Å². The monoisotopic (exact) mass is 354 g/mol. The third-order valence-electron chi connectivity index (χ3n) is 2.42. The van der Waals surface area contributed by atoms with Crippen LogP contribution >= 0.6 is 15.9 Å². The summed E-state index contributed by atoms with van der Waals surface area (Å²) in [6, 6.07) is 2.08. The minimum atomic E-state index is -2.94. The zero-order valence-corrected chi connectivity index (χ0v) is 11.2. The summed E-state index contributed by atoms with van der Waals surface area (Å²) >= 11 is 2.85. The molecule has 0 saturated heterocycles. The highest BCUT2D eigenvalue weighted by Crippen LogP contribution is 2.30. The molecule has 1 unspecified atom stereocenters. The standard InChI is InChI=1S/C11H7BrF4N2O2/c12-8-4(1-2-5(13)9(8)14)11-17-7(20-18-11)3-6(19)10(15)16/h1-2,6,10,19H,3H2. The lowest BCUT2D eigenvalue weighted by atomic mass is 10.2. The number of halogens is 5. The summed E-state index contributed by atoms with van der Waals surface area (Å²) in [5.74, 6) is -2.52. The lowest BCUT2D eigenvalue weighted by Gasteiger charge is -2.04.